The first-order valence-electron chi connectivity index (χ1n) is 19.5. The number of piperidine rings is 1. The third-order valence-corrected chi connectivity index (χ3v) is 7.28. The highest BCUT2D eigenvalue weighted by molar-refractivity contribution is 5.79. The first kappa shape index (κ1) is 14.2. The van der Waals surface area contributed by atoms with E-state index >= 15 is 8.78 Å². The Morgan fingerprint density at radius 2 is 1.89 bits per heavy atom. The van der Waals surface area contributed by atoms with Crippen LogP contribution in [0.2, 0.25) is 0 Å². The van der Waals surface area contributed by atoms with Gasteiger partial charge >= 0.3 is 0 Å². The highest BCUT2D eigenvalue weighted by atomic mass is 19.3. The summed E-state index contributed by atoms with van der Waals surface area (Å²) in [5, 5.41) is 10.5. The lowest BCUT2D eigenvalue weighted by atomic mass is 9.86. The first-order valence-corrected chi connectivity index (χ1v) is 12.5. The smallest absolute Gasteiger partial charge is 0.248 e. The molecule has 2 saturated heterocycles. The molecule has 3 heterocycles. The molecule has 1 aromatic carbocycles. The fraction of sp³-hybridized carbons (Fsp3) is 0.690. The first-order chi connectivity index (χ1) is 23.1. The average molecular weight is 528 g/mol. The van der Waals surface area contributed by atoms with Crippen LogP contribution in [-0.4, -0.2) is 50.1 Å². The molecule has 1 amide bonds. The zero-order chi connectivity index (χ0) is 38.5. The van der Waals surface area contributed by atoms with Crippen LogP contribution in [0.1, 0.15) is 126 Å². The van der Waals surface area contributed by atoms with Gasteiger partial charge in [-0.2, -0.15) is 0 Å². The van der Waals surface area contributed by atoms with Gasteiger partial charge in [-0.15, -0.1) is 10.2 Å². The van der Waals surface area contributed by atoms with Crippen LogP contribution in [-0.2, 0) is 4.79 Å². The number of carbonyl (C=O) groups is 1. The molecule has 0 spiro atoms. The van der Waals surface area contributed by atoms with Gasteiger partial charge in [-0.3, -0.25) is 9.69 Å². The van der Waals surface area contributed by atoms with Gasteiger partial charge in [0.1, 0.15) is 11.6 Å². The number of aromatic nitrogens is 3. The van der Waals surface area contributed by atoms with Gasteiger partial charge in [-0.1, -0.05) is 44.1 Å². The topological polar surface area (TPSA) is 63.1 Å². The maximum Gasteiger partial charge on any atom is 0.248 e. The Bertz CT molecular complexity index is 1590. The standard InChI is InChI=1S/C29H41F2N5O/c1-19(2)27-34-33-20(3)36(27)25-17-23-9-10-24(18-25)35(23)16-13-26(21-7-5-4-6-8-21)32-28(37)22-11-14-29(30,31)15-12-22/h4-8,19,22-26H,9-18H2,1-3H3,(H,32,37)/i1D3,11D2,12D2,14D2,15D2,16D2,19D. The second-order valence-electron chi connectivity index (χ2n) is 9.86. The highest BCUT2D eigenvalue weighted by Crippen LogP contribution is 2.42. The van der Waals surface area contributed by atoms with E-state index in [9.17, 15) is 7.54 Å². The van der Waals surface area contributed by atoms with E-state index in [0.717, 1.165) is 0 Å². The van der Waals surface area contributed by atoms with Crippen molar-refractivity contribution in [2.24, 2.45) is 5.92 Å². The minimum absolute atomic E-state index is 0.0262. The molecule has 2 aromatic rings. The van der Waals surface area contributed by atoms with E-state index in [2.05, 4.69) is 15.5 Å². The summed E-state index contributed by atoms with van der Waals surface area (Å²) in [6, 6.07) is 5.40. The quantitative estimate of drug-likeness (QED) is 0.461. The van der Waals surface area contributed by atoms with Crippen LogP contribution in [0.25, 0.3) is 0 Å². The van der Waals surface area contributed by atoms with Gasteiger partial charge in [-0.05, 0) is 57.3 Å². The maximum atomic E-state index is 15.0. The number of nitrogens with one attached hydrogen (secondary N) is 1. The second kappa shape index (κ2) is 10.8. The molecule has 3 fully saturated rings. The van der Waals surface area contributed by atoms with Crippen molar-refractivity contribution in [3.63, 3.8) is 0 Å². The molecular weight excluding hydrogens is 472 g/mol. The Labute approximate surface area is 238 Å². The van der Waals surface area contributed by atoms with Crippen molar-refractivity contribution in [1.29, 1.82) is 0 Å². The van der Waals surface area contributed by atoms with Crippen LogP contribution in [0, 0.1) is 12.8 Å². The zero-order valence-corrected chi connectivity index (χ0v) is 20.8. The third-order valence-electron chi connectivity index (χ3n) is 7.28. The molecule has 5 rings (SSSR count). The highest BCUT2D eigenvalue weighted by Gasteiger charge is 2.42. The lowest BCUT2D eigenvalue weighted by molar-refractivity contribution is -0.130. The minimum atomic E-state index is -5.16. The maximum absolute atomic E-state index is 15.0. The molecule has 3 aliphatic rings. The largest absolute Gasteiger partial charge is 0.349 e. The minimum Gasteiger partial charge on any atom is -0.349 e. The fourth-order valence-corrected chi connectivity index (χ4v) is 5.59. The molecule has 2 aliphatic heterocycles. The number of aryl methyl sites for hydroxylation is 1. The Morgan fingerprint density at radius 3 is 2.54 bits per heavy atom. The van der Waals surface area contributed by atoms with E-state index in [1.54, 1.807) is 34.6 Å². The molecule has 2 bridgehead atoms. The van der Waals surface area contributed by atoms with Crippen LogP contribution >= 0.6 is 0 Å². The molecule has 1 aliphatic carbocycles. The predicted octanol–water partition coefficient (Wildman–Crippen LogP) is 5.95. The molecule has 1 N–H and O–H groups in total. The monoisotopic (exact) mass is 527 g/mol. The second-order valence-corrected chi connectivity index (χ2v) is 9.86. The van der Waals surface area contributed by atoms with Crippen LogP contribution in [0.3, 0.4) is 0 Å². The van der Waals surface area contributed by atoms with E-state index in [1.807, 2.05) is 0 Å². The van der Waals surface area contributed by atoms with Gasteiger partial charge in [0.15, 0.2) is 0 Å². The molecule has 202 valence electrons. The van der Waals surface area contributed by atoms with Crippen molar-refractivity contribution in [2.75, 3.05) is 6.50 Å². The van der Waals surface area contributed by atoms with Crippen molar-refractivity contribution >= 4 is 5.91 Å². The number of amides is 1. The molecule has 1 saturated carbocycles. The number of hydrogen-bond donors (Lipinski definition) is 1. The van der Waals surface area contributed by atoms with E-state index in [-0.39, 0.29) is 11.9 Å². The molecule has 8 heteroatoms. The molecule has 4 atom stereocenters. The van der Waals surface area contributed by atoms with Crippen LogP contribution < -0.4 is 5.32 Å². The van der Waals surface area contributed by atoms with Crippen LogP contribution in [0.4, 0.5) is 8.78 Å². The van der Waals surface area contributed by atoms with Gasteiger partial charge in [0.05, 0.1) is 6.04 Å². The lowest BCUT2D eigenvalue weighted by Gasteiger charge is -2.40. The predicted molar refractivity (Wildman–Crippen MR) is 139 cm³/mol. The number of hydrogen-bond acceptors (Lipinski definition) is 4. The number of rotatable bonds is 8. The van der Waals surface area contributed by atoms with Crippen molar-refractivity contribution in [2.45, 2.75) is 114 Å². The van der Waals surface area contributed by atoms with Gasteiger partial charge in [0, 0.05) is 68.4 Å². The number of nitrogens with zero attached hydrogens (tertiary/aromatic N) is 4. The van der Waals surface area contributed by atoms with E-state index in [4.69, 9.17) is 16.4 Å². The van der Waals surface area contributed by atoms with Crippen molar-refractivity contribution in [3.8, 4) is 0 Å². The Morgan fingerprint density at radius 1 is 1.22 bits per heavy atom. The summed E-state index contributed by atoms with van der Waals surface area (Å²) in [7, 11) is 0. The fourth-order valence-electron chi connectivity index (χ4n) is 5.59. The van der Waals surface area contributed by atoms with Gasteiger partial charge in [0.2, 0.25) is 11.8 Å². The summed E-state index contributed by atoms with van der Waals surface area (Å²) < 4.78 is 147. The van der Waals surface area contributed by atoms with Crippen molar-refractivity contribution in [1.82, 2.24) is 25.0 Å². The molecule has 4 unspecified atom stereocenters. The van der Waals surface area contributed by atoms with Crippen molar-refractivity contribution < 1.29 is 32.8 Å². The van der Waals surface area contributed by atoms with Gasteiger partial charge in [-0.25, -0.2) is 8.78 Å². The molecule has 6 nitrogen and oxygen atoms in total. The summed E-state index contributed by atoms with van der Waals surface area (Å²) in [4.78, 5) is 15.5. The number of halogens is 2. The van der Waals surface area contributed by atoms with Crippen LogP contribution in [0.15, 0.2) is 30.3 Å². The van der Waals surface area contributed by atoms with Crippen molar-refractivity contribution in [3.05, 3.63) is 47.5 Å². The summed E-state index contributed by atoms with van der Waals surface area (Å²) in [6.07, 6.45) is -15.1. The Balaban J connectivity index is 1.44. The van der Waals surface area contributed by atoms with E-state index in [1.165, 1.54) is 19.1 Å². The summed E-state index contributed by atoms with van der Waals surface area (Å²) in [5.41, 5.74) is 0.300. The number of carbonyl (C=O) groups excluding carboxylic acids is 1. The number of benzene rings is 1. The average Bonchev–Trinajstić information content (AvgIpc) is 3.52. The SMILES string of the molecule is [2H]C([2H])(CC(NC(=O)C1C([2H])([2H])C([2H])([2H])C(F)(F)C([2H])([2H])C1([2H])[2H])c1ccccc1)N1C2CCC1CC(n1c(C)nnc1C([2H])(C)C([2H])([2H])[2H])C2. The molecule has 37 heavy (non-hydrogen) atoms. The summed E-state index contributed by atoms with van der Waals surface area (Å²) in [6.45, 7) is -2.00. The summed E-state index contributed by atoms with van der Waals surface area (Å²) in [5.74, 6) is -11.3. The normalized spacial score (nSPS) is 40.3. The zero-order valence-electron chi connectivity index (χ0n) is 34.8. The van der Waals surface area contributed by atoms with Gasteiger partial charge in [0.25, 0.3) is 0 Å². The Hall–Kier alpha value is -2.35. The van der Waals surface area contributed by atoms with Crippen LogP contribution in [0.5, 0.6) is 0 Å². The summed E-state index contributed by atoms with van der Waals surface area (Å²) >= 11 is 0. The molecular formula is C29H41F2N5O. The van der Waals surface area contributed by atoms with E-state index < -0.39 is 87.0 Å². The number of alkyl halides is 2. The van der Waals surface area contributed by atoms with E-state index in [0.29, 0.717) is 37.1 Å². The Kier molecular flexibility index (Phi) is 4.13. The van der Waals surface area contributed by atoms with Gasteiger partial charge < -0.3 is 9.88 Å². The molecule has 1 aromatic heterocycles. The number of fused-ring (bicyclic) bond motifs is 2. The lowest BCUT2D eigenvalue weighted by Crippen LogP contribution is -2.45. The molecule has 0 radical (unpaired) electrons. The third kappa shape index (κ3) is 5.74.